The number of nitrogens with one attached hydrogen (secondary N) is 1. The van der Waals surface area contributed by atoms with Crippen LogP contribution in [0, 0.1) is 0 Å². The van der Waals surface area contributed by atoms with Gasteiger partial charge in [0.25, 0.3) is 0 Å². The van der Waals surface area contributed by atoms with Crippen LogP contribution in [-0.2, 0) is 4.79 Å². The van der Waals surface area contributed by atoms with Gasteiger partial charge in [-0.1, -0.05) is 48.8 Å². The number of rotatable bonds is 7. The predicted molar refractivity (Wildman–Crippen MR) is 77.6 cm³/mol. The van der Waals surface area contributed by atoms with Crippen molar-refractivity contribution in [2.24, 2.45) is 0 Å². The highest BCUT2D eigenvalue weighted by molar-refractivity contribution is 5.73. The molecule has 0 amide bonds. The summed E-state index contributed by atoms with van der Waals surface area (Å²) in [5, 5.41) is 16.1. The maximum atomic E-state index is 11.2. The zero-order valence-electron chi connectivity index (χ0n) is 12.1. The molecule has 0 aliphatic heterocycles. The minimum absolute atomic E-state index is 0.317. The van der Waals surface area contributed by atoms with Crippen molar-refractivity contribution < 1.29 is 14.4 Å². The van der Waals surface area contributed by atoms with Crippen LogP contribution in [0.15, 0.2) is 34.9 Å². The fraction of sp³-hybridized carbons (Fsp3) is 0.400. The molecule has 1 aromatic heterocycles. The summed E-state index contributed by atoms with van der Waals surface area (Å²) in [6.45, 7) is 3.76. The standard InChI is InChI=1S/C15H19N3O3/c1-3-7-12(15(19)20)16-10(2)14-17-13(18-21-14)11-8-5-4-6-9-11/h4-6,8-10,12,16H,3,7H2,1-2H3,(H,19,20). The fourth-order valence-corrected chi connectivity index (χ4v) is 2.06. The first kappa shape index (κ1) is 15.2. The minimum atomic E-state index is -0.869. The molecular formula is C15H19N3O3. The van der Waals surface area contributed by atoms with Gasteiger partial charge in [0, 0.05) is 5.56 Å². The van der Waals surface area contributed by atoms with Gasteiger partial charge in [0.15, 0.2) is 0 Å². The van der Waals surface area contributed by atoms with Gasteiger partial charge >= 0.3 is 5.97 Å². The first-order valence-electron chi connectivity index (χ1n) is 6.99. The molecule has 0 saturated carbocycles. The summed E-state index contributed by atoms with van der Waals surface area (Å²) in [5.74, 6) is 0.0179. The highest BCUT2D eigenvalue weighted by Gasteiger charge is 2.22. The van der Waals surface area contributed by atoms with Crippen molar-refractivity contribution in [1.82, 2.24) is 15.5 Å². The Kier molecular flexibility index (Phi) is 5.05. The van der Waals surface area contributed by atoms with Crippen molar-refractivity contribution >= 4 is 5.97 Å². The maximum Gasteiger partial charge on any atom is 0.320 e. The Labute approximate surface area is 123 Å². The van der Waals surface area contributed by atoms with Gasteiger partial charge in [-0.2, -0.15) is 4.98 Å². The summed E-state index contributed by atoms with van der Waals surface area (Å²) < 4.78 is 5.22. The lowest BCUT2D eigenvalue weighted by atomic mass is 10.1. The van der Waals surface area contributed by atoms with Crippen molar-refractivity contribution in [1.29, 1.82) is 0 Å². The smallest absolute Gasteiger partial charge is 0.320 e. The monoisotopic (exact) mass is 289 g/mol. The molecule has 0 saturated heterocycles. The van der Waals surface area contributed by atoms with Gasteiger partial charge in [-0.05, 0) is 13.3 Å². The first-order chi connectivity index (χ1) is 10.1. The van der Waals surface area contributed by atoms with E-state index in [1.54, 1.807) is 0 Å². The lowest BCUT2D eigenvalue weighted by Gasteiger charge is -2.16. The van der Waals surface area contributed by atoms with Gasteiger partial charge in [0.05, 0.1) is 6.04 Å². The number of hydrogen-bond donors (Lipinski definition) is 2. The van der Waals surface area contributed by atoms with Gasteiger partial charge in [0.2, 0.25) is 11.7 Å². The lowest BCUT2D eigenvalue weighted by Crippen LogP contribution is -2.38. The lowest BCUT2D eigenvalue weighted by molar-refractivity contribution is -0.139. The molecule has 0 spiro atoms. The summed E-state index contributed by atoms with van der Waals surface area (Å²) in [5.41, 5.74) is 0.864. The van der Waals surface area contributed by atoms with E-state index in [1.165, 1.54) is 0 Å². The Balaban J connectivity index is 2.08. The third kappa shape index (κ3) is 3.88. The highest BCUT2D eigenvalue weighted by Crippen LogP contribution is 2.18. The summed E-state index contributed by atoms with van der Waals surface area (Å²) in [7, 11) is 0. The molecular weight excluding hydrogens is 270 g/mol. The predicted octanol–water partition coefficient (Wildman–Crippen LogP) is 2.64. The van der Waals surface area contributed by atoms with Crippen LogP contribution in [-0.4, -0.2) is 27.3 Å². The fourth-order valence-electron chi connectivity index (χ4n) is 2.06. The van der Waals surface area contributed by atoms with Crippen LogP contribution in [0.2, 0.25) is 0 Å². The average molecular weight is 289 g/mol. The number of carbonyl (C=O) groups is 1. The van der Waals surface area contributed by atoms with E-state index in [1.807, 2.05) is 44.2 Å². The molecule has 0 aliphatic carbocycles. The van der Waals surface area contributed by atoms with Gasteiger partial charge in [-0.15, -0.1) is 0 Å². The molecule has 0 radical (unpaired) electrons. The maximum absolute atomic E-state index is 11.2. The second-order valence-corrected chi connectivity index (χ2v) is 4.89. The van der Waals surface area contributed by atoms with Crippen LogP contribution in [0.4, 0.5) is 0 Å². The number of nitrogens with zero attached hydrogens (tertiary/aromatic N) is 2. The summed E-state index contributed by atoms with van der Waals surface area (Å²) in [6.07, 6.45) is 1.34. The Hall–Kier alpha value is -2.21. The second kappa shape index (κ2) is 6.99. The molecule has 0 aliphatic rings. The number of hydrogen-bond acceptors (Lipinski definition) is 5. The Bertz CT molecular complexity index is 583. The molecule has 1 heterocycles. The number of benzene rings is 1. The van der Waals surface area contributed by atoms with Crippen molar-refractivity contribution in [3.05, 3.63) is 36.2 Å². The highest BCUT2D eigenvalue weighted by atomic mass is 16.5. The van der Waals surface area contributed by atoms with E-state index in [2.05, 4.69) is 15.5 Å². The normalized spacial score (nSPS) is 13.8. The van der Waals surface area contributed by atoms with E-state index in [9.17, 15) is 4.79 Å². The summed E-state index contributed by atoms with van der Waals surface area (Å²) in [6, 6.07) is 8.56. The van der Waals surface area contributed by atoms with Crippen molar-refractivity contribution in [3.8, 4) is 11.4 Å². The van der Waals surface area contributed by atoms with E-state index < -0.39 is 12.0 Å². The van der Waals surface area contributed by atoms with Crippen molar-refractivity contribution in [2.75, 3.05) is 0 Å². The van der Waals surface area contributed by atoms with Crippen molar-refractivity contribution in [2.45, 2.75) is 38.8 Å². The molecule has 2 aromatic rings. The van der Waals surface area contributed by atoms with Crippen LogP contribution >= 0.6 is 0 Å². The third-order valence-electron chi connectivity index (χ3n) is 3.17. The first-order valence-corrected chi connectivity index (χ1v) is 6.99. The zero-order chi connectivity index (χ0) is 15.2. The van der Waals surface area contributed by atoms with Crippen LogP contribution in [0.5, 0.6) is 0 Å². The Morgan fingerprint density at radius 2 is 2.10 bits per heavy atom. The van der Waals surface area contributed by atoms with Gasteiger partial charge in [-0.25, -0.2) is 0 Å². The molecule has 6 nitrogen and oxygen atoms in total. The van der Waals surface area contributed by atoms with E-state index in [0.29, 0.717) is 18.1 Å². The zero-order valence-corrected chi connectivity index (χ0v) is 12.1. The van der Waals surface area contributed by atoms with Crippen LogP contribution in [0.3, 0.4) is 0 Å². The van der Waals surface area contributed by atoms with Gasteiger partial charge in [0.1, 0.15) is 6.04 Å². The molecule has 0 bridgehead atoms. The number of aromatic nitrogens is 2. The average Bonchev–Trinajstić information content (AvgIpc) is 2.97. The Morgan fingerprint density at radius 1 is 1.38 bits per heavy atom. The quantitative estimate of drug-likeness (QED) is 0.814. The molecule has 6 heteroatoms. The molecule has 2 atom stereocenters. The molecule has 2 rings (SSSR count). The largest absolute Gasteiger partial charge is 0.480 e. The van der Waals surface area contributed by atoms with Crippen LogP contribution in [0.25, 0.3) is 11.4 Å². The summed E-state index contributed by atoms with van der Waals surface area (Å²) >= 11 is 0. The Morgan fingerprint density at radius 3 is 2.71 bits per heavy atom. The van der Waals surface area contributed by atoms with Gasteiger partial charge < -0.3 is 9.63 Å². The molecule has 21 heavy (non-hydrogen) atoms. The molecule has 2 unspecified atom stereocenters. The molecule has 1 aromatic carbocycles. The third-order valence-corrected chi connectivity index (χ3v) is 3.17. The van der Waals surface area contributed by atoms with E-state index in [0.717, 1.165) is 12.0 Å². The SMILES string of the molecule is CCCC(NC(C)c1nc(-c2ccccc2)no1)C(=O)O. The van der Waals surface area contributed by atoms with Crippen LogP contribution in [0.1, 0.15) is 38.6 Å². The van der Waals surface area contributed by atoms with Gasteiger partial charge in [-0.3, -0.25) is 10.1 Å². The molecule has 112 valence electrons. The van der Waals surface area contributed by atoms with E-state index >= 15 is 0 Å². The second-order valence-electron chi connectivity index (χ2n) is 4.89. The minimum Gasteiger partial charge on any atom is -0.480 e. The summed E-state index contributed by atoms with van der Waals surface area (Å²) in [4.78, 5) is 15.5. The molecule has 2 N–H and O–H groups in total. The number of carboxylic acid groups (broad SMARTS) is 1. The van der Waals surface area contributed by atoms with E-state index in [-0.39, 0.29) is 6.04 Å². The number of aliphatic carboxylic acids is 1. The number of carboxylic acids is 1. The molecule has 0 fully saturated rings. The van der Waals surface area contributed by atoms with Crippen LogP contribution < -0.4 is 5.32 Å². The van der Waals surface area contributed by atoms with Crippen molar-refractivity contribution in [3.63, 3.8) is 0 Å². The topological polar surface area (TPSA) is 88.3 Å². The van der Waals surface area contributed by atoms with E-state index in [4.69, 9.17) is 9.63 Å².